The highest BCUT2D eigenvalue weighted by Crippen LogP contribution is 2.08. The van der Waals surface area contributed by atoms with Crippen LogP contribution in [0.1, 0.15) is 33.1 Å². The molecule has 0 saturated heterocycles. The molecule has 0 aliphatic heterocycles. The molecule has 11 heavy (non-hydrogen) atoms. The highest BCUT2D eigenvalue weighted by atomic mass is 79.9. The van der Waals surface area contributed by atoms with Crippen LogP contribution >= 0.6 is 15.9 Å². The molecular weight excluding hydrogens is 208 g/mol. The Hall–Kier alpha value is -0.0500. The lowest BCUT2D eigenvalue weighted by atomic mass is 10.2. The summed E-state index contributed by atoms with van der Waals surface area (Å²) in [6.07, 6.45) is 3.04. The second-order valence-corrected chi connectivity index (χ2v) is 3.29. The zero-order valence-electron chi connectivity index (χ0n) is 7.10. The number of halogens is 1. The molecule has 0 aliphatic carbocycles. The van der Waals surface area contributed by atoms with Crippen molar-refractivity contribution in [2.24, 2.45) is 0 Å². The van der Waals surface area contributed by atoms with Gasteiger partial charge in [0.15, 0.2) is 0 Å². The van der Waals surface area contributed by atoms with Gasteiger partial charge in [-0.3, -0.25) is 4.79 Å². The van der Waals surface area contributed by atoms with Gasteiger partial charge in [0.25, 0.3) is 0 Å². The van der Waals surface area contributed by atoms with Gasteiger partial charge in [0, 0.05) is 12.3 Å². The molecule has 0 heterocycles. The summed E-state index contributed by atoms with van der Waals surface area (Å²) in [6, 6.07) is 0. The van der Waals surface area contributed by atoms with E-state index in [4.69, 9.17) is 4.74 Å². The zero-order valence-corrected chi connectivity index (χ0v) is 8.69. The van der Waals surface area contributed by atoms with Gasteiger partial charge in [-0.25, -0.2) is 0 Å². The van der Waals surface area contributed by atoms with Gasteiger partial charge in [-0.05, 0) is 12.8 Å². The minimum atomic E-state index is -0.176. The Morgan fingerprint density at radius 1 is 1.55 bits per heavy atom. The smallest absolute Gasteiger partial charge is 0.302 e. The third-order valence-corrected chi connectivity index (χ3v) is 1.83. The molecule has 66 valence electrons. The Kier molecular flexibility index (Phi) is 6.62. The Morgan fingerprint density at radius 3 is 2.55 bits per heavy atom. The van der Waals surface area contributed by atoms with E-state index in [1.165, 1.54) is 6.92 Å². The van der Waals surface area contributed by atoms with Crippen molar-refractivity contribution in [3.8, 4) is 0 Å². The van der Waals surface area contributed by atoms with Gasteiger partial charge >= 0.3 is 5.97 Å². The first kappa shape index (κ1) is 11.0. The molecule has 0 aliphatic rings. The van der Waals surface area contributed by atoms with E-state index < -0.39 is 0 Å². The van der Waals surface area contributed by atoms with Crippen molar-refractivity contribution in [1.82, 2.24) is 0 Å². The third kappa shape index (κ3) is 6.35. The van der Waals surface area contributed by atoms with Gasteiger partial charge in [0.2, 0.25) is 0 Å². The van der Waals surface area contributed by atoms with Crippen LogP contribution in [-0.4, -0.2) is 17.4 Å². The minimum Gasteiger partial charge on any atom is -0.463 e. The Labute approximate surface area is 76.4 Å². The Balaban J connectivity index is 3.59. The van der Waals surface area contributed by atoms with Crippen molar-refractivity contribution in [3.63, 3.8) is 0 Å². The summed E-state index contributed by atoms with van der Waals surface area (Å²) in [5, 5.41) is 0.894. The Morgan fingerprint density at radius 2 is 2.18 bits per heavy atom. The summed E-state index contributed by atoms with van der Waals surface area (Å²) in [5.74, 6) is -0.176. The van der Waals surface area contributed by atoms with E-state index in [0.29, 0.717) is 0 Å². The van der Waals surface area contributed by atoms with Crippen molar-refractivity contribution in [3.05, 3.63) is 0 Å². The van der Waals surface area contributed by atoms with Crippen LogP contribution in [0.15, 0.2) is 0 Å². The van der Waals surface area contributed by atoms with Crippen molar-refractivity contribution in [1.29, 1.82) is 0 Å². The molecule has 0 rings (SSSR count). The maximum absolute atomic E-state index is 10.6. The van der Waals surface area contributed by atoms with Crippen LogP contribution < -0.4 is 0 Å². The van der Waals surface area contributed by atoms with Crippen molar-refractivity contribution in [2.45, 2.75) is 39.2 Å². The zero-order chi connectivity index (χ0) is 8.69. The molecule has 1 atom stereocenters. The summed E-state index contributed by atoms with van der Waals surface area (Å²) in [7, 11) is 0. The van der Waals surface area contributed by atoms with E-state index in [9.17, 15) is 4.79 Å². The van der Waals surface area contributed by atoms with E-state index in [1.54, 1.807) is 0 Å². The fraction of sp³-hybridized carbons (Fsp3) is 0.875. The molecule has 0 aromatic carbocycles. The summed E-state index contributed by atoms with van der Waals surface area (Å²) in [6.45, 7) is 3.54. The monoisotopic (exact) mass is 222 g/mol. The lowest BCUT2D eigenvalue weighted by Gasteiger charge is -2.14. The predicted molar refractivity (Wildman–Crippen MR) is 48.9 cm³/mol. The highest BCUT2D eigenvalue weighted by molar-refractivity contribution is 9.09. The lowest BCUT2D eigenvalue weighted by molar-refractivity contribution is -0.146. The lowest BCUT2D eigenvalue weighted by Crippen LogP contribution is -2.16. The average molecular weight is 223 g/mol. The fourth-order valence-electron chi connectivity index (χ4n) is 0.941. The first-order chi connectivity index (χ1) is 5.20. The third-order valence-electron chi connectivity index (χ3n) is 1.37. The average Bonchev–Trinajstić information content (AvgIpc) is 1.87. The van der Waals surface area contributed by atoms with Gasteiger partial charge in [-0.1, -0.05) is 29.3 Å². The quantitative estimate of drug-likeness (QED) is 0.528. The van der Waals surface area contributed by atoms with Crippen LogP contribution in [0.4, 0.5) is 0 Å². The van der Waals surface area contributed by atoms with Crippen LogP contribution in [0.2, 0.25) is 0 Å². The van der Waals surface area contributed by atoms with Gasteiger partial charge in [-0.2, -0.15) is 0 Å². The maximum atomic E-state index is 10.6. The number of carbonyl (C=O) groups excluding carboxylic acids is 1. The molecule has 0 N–H and O–H groups in total. The van der Waals surface area contributed by atoms with E-state index in [-0.39, 0.29) is 12.1 Å². The largest absolute Gasteiger partial charge is 0.463 e. The molecule has 2 nitrogen and oxygen atoms in total. The molecule has 0 fully saturated rings. The molecule has 0 spiro atoms. The van der Waals surface area contributed by atoms with Crippen LogP contribution in [0, 0.1) is 0 Å². The summed E-state index contributed by atoms with van der Waals surface area (Å²) >= 11 is 3.32. The molecule has 0 amide bonds. The SMILES string of the molecule is CCCC(CCBr)OC(C)=O. The molecule has 1 unspecified atom stereocenters. The normalized spacial score (nSPS) is 12.6. The Bertz CT molecular complexity index is 109. The van der Waals surface area contributed by atoms with Gasteiger partial charge in [0.05, 0.1) is 0 Å². The fourth-order valence-corrected chi connectivity index (χ4v) is 1.45. The number of carbonyl (C=O) groups is 1. The number of hydrogen-bond donors (Lipinski definition) is 0. The van der Waals surface area contributed by atoms with Crippen LogP contribution in [0.5, 0.6) is 0 Å². The number of rotatable bonds is 5. The summed E-state index contributed by atoms with van der Waals surface area (Å²) in [4.78, 5) is 10.6. The number of alkyl halides is 1. The maximum Gasteiger partial charge on any atom is 0.302 e. The molecular formula is C8H15BrO2. The first-order valence-electron chi connectivity index (χ1n) is 3.93. The number of hydrogen-bond acceptors (Lipinski definition) is 2. The summed E-state index contributed by atoms with van der Waals surface area (Å²) < 4.78 is 5.06. The molecule has 0 radical (unpaired) electrons. The second-order valence-electron chi connectivity index (χ2n) is 2.50. The van der Waals surface area contributed by atoms with Gasteiger partial charge in [0.1, 0.15) is 6.10 Å². The molecule has 0 aromatic rings. The topological polar surface area (TPSA) is 26.3 Å². The summed E-state index contributed by atoms with van der Waals surface area (Å²) in [5.41, 5.74) is 0. The number of ether oxygens (including phenoxy) is 1. The van der Waals surface area contributed by atoms with E-state index in [1.807, 2.05) is 0 Å². The van der Waals surface area contributed by atoms with E-state index >= 15 is 0 Å². The van der Waals surface area contributed by atoms with E-state index in [2.05, 4.69) is 22.9 Å². The molecule has 3 heteroatoms. The van der Waals surface area contributed by atoms with E-state index in [0.717, 1.165) is 24.6 Å². The van der Waals surface area contributed by atoms with Crippen LogP contribution in [0.3, 0.4) is 0 Å². The minimum absolute atomic E-state index is 0.108. The van der Waals surface area contributed by atoms with Crippen molar-refractivity contribution in [2.75, 3.05) is 5.33 Å². The molecule has 0 aromatic heterocycles. The van der Waals surface area contributed by atoms with Gasteiger partial charge < -0.3 is 4.74 Å². The van der Waals surface area contributed by atoms with Crippen molar-refractivity contribution >= 4 is 21.9 Å². The van der Waals surface area contributed by atoms with Gasteiger partial charge in [-0.15, -0.1) is 0 Å². The number of esters is 1. The second kappa shape index (κ2) is 6.65. The van der Waals surface area contributed by atoms with Crippen LogP contribution in [0.25, 0.3) is 0 Å². The van der Waals surface area contributed by atoms with Crippen LogP contribution in [-0.2, 0) is 9.53 Å². The molecule has 0 saturated carbocycles. The molecule has 0 bridgehead atoms. The standard InChI is InChI=1S/C8H15BrO2/c1-3-4-8(5-6-9)11-7(2)10/h8H,3-6H2,1-2H3. The first-order valence-corrected chi connectivity index (χ1v) is 5.06. The highest BCUT2D eigenvalue weighted by Gasteiger charge is 2.08. The predicted octanol–water partition coefficient (Wildman–Crippen LogP) is 2.50. The van der Waals surface area contributed by atoms with Crippen molar-refractivity contribution < 1.29 is 9.53 Å².